The molecule has 1 amide bonds. The predicted octanol–water partition coefficient (Wildman–Crippen LogP) is 0.923. The van der Waals surface area contributed by atoms with Crippen molar-refractivity contribution in [1.29, 1.82) is 0 Å². The largest absolute Gasteiger partial charge is 0.488 e. The molecule has 0 bridgehead atoms. The summed E-state index contributed by atoms with van der Waals surface area (Å²) in [7, 11) is 0. The van der Waals surface area contributed by atoms with Gasteiger partial charge in [-0.15, -0.1) is 12.4 Å². The molecule has 0 radical (unpaired) electrons. The van der Waals surface area contributed by atoms with E-state index < -0.39 is 0 Å². The quantitative estimate of drug-likeness (QED) is 0.748. The van der Waals surface area contributed by atoms with Crippen LogP contribution in [0.1, 0.15) is 19.8 Å². The van der Waals surface area contributed by atoms with Gasteiger partial charge in [-0.2, -0.15) is 0 Å². The first-order valence-corrected chi connectivity index (χ1v) is 5.63. The van der Waals surface area contributed by atoms with E-state index in [1.165, 1.54) is 0 Å². The van der Waals surface area contributed by atoms with E-state index in [9.17, 15) is 4.79 Å². The topological polar surface area (TPSA) is 41.6 Å². The molecule has 0 unspecified atom stereocenters. The number of hydrogen-bond donors (Lipinski definition) is 1. The number of amides is 1. The van der Waals surface area contributed by atoms with Crippen LogP contribution in [-0.2, 0) is 9.53 Å². The van der Waals surface area contributed by atoms with Gasteiger partial charge < -0.3 is 15.0 Å². The number of carbonyl (C=O) groups excluding carboxylic acids is 1. The van der Waals surface area contributed by atoms with Crippen LogP contribution in [0, 0.1) is 0 Å². The normalized spacial score (nSPS) is 25.2. The summed E-state index contributed by atoms with van der Waals surface area (Å²) < 4.78 is 5.38. The standard InChI is InChI=1S/C11H18N2O2.ClH/c1-9-8-13(6-5-12-9)11(14)10-4-2-3-7-15-10;/h4,9,12H,2-3,5-8H2,1H3;1H/t9-;/m1./s1. The molecule has 1 saturated heterocycles. The molecule has 2 aliphatic rings. The zero-order chi connectivity index (χ0) is 10.7. The summed E-state index contributed by atoms with van der Waals surface area (Å²) in [6.07, 6.45) is 3.90. The van der Waals surface area contributed by atoms with Crippen molar-refractivity contribution in [2.24, 2.45) is 0 Å². The molecule has 4 nitrogen and oxygen atoms in total. The molecule has 16 heavy (non-hydrogen) atoms. The van der Waals surface area contributed by atoms with Gasteiger partial charge in [-0.3, -0.25) is 4.79 Å². The van der Waals surface area contributed by atoms with Gasteiger partial charge in [0.15, 0.2) is 5.76 Å². The van der Waals surface area contributed by atoms with Crippen LogP contribution in [-0.4, -0.2) is 43.1 Å². The van der Waals surface area contributed by atoms with Crippen molar-refractivity contribution in [1.82, 2.24) is 10.2 Å². The number of ether oxygens (including phenoxy) is 1. The van der Waals surface area contributed by atoms with Gasteiger partial charge in [-0.05, 0) is 25.8 Å². The Hall–Kier alpha value is -0.740. The van der Waals surface area contributed by atoms with Crippen molar-refractivity contribution in [3.63, 3.8) is 0 Å². The lowest BCUT2D eigenvalue weighted by Crippen LogP contribution is -2.51. The second-order valence-electron chi connectivity index (χ2n) is 4.17. The molecule has 2 rings (SSSR count). The zero-order valence-corrected chi connectivity index (χ0v) is 10.4. The summed E-state index contributed by atoms with van der Waals surface area (Å²) in [5.41, 5.74) is 0. The molecule has 0 aromatic rings. The molecule has 5 heteroatoms. The maximum Gasteiger partial charge on any atom is 0.288 e. The highest BCUT2D eigenvalue weighted by atomic mass is 35.5. The maximum atomic E-state index is 12.0. The molecule has 0 aromatic carbocycles. The predicted molar refractivity (Wildman–Crippen MR) is 64.6 cm³/mol. The second-order valence-corrected chi connectivity index (χ2v) is 4.17. The van der Waals surface area contributed by atoms with E-state index in [2.05, 4.69) is 12.2 Å². The molecular weight excluding hydrogens is 228 g/mol. The first-order chi connectivity index (χ1) is 7.27. The van der Waals surface area contributed by atoms with Crippen LogP contribution in [0.2, 0.25) is 0 Å². The number of hydrogen-bond acceptors (Lipinski definition) is 3. The Morgan fingerprint density at radius 1 is 1.62 bits per heavy atom. The lowest BCUT2D eigenvalue weighted by atomic mass is 10.2. The van der Waals surface area contributed by atoms with Crippen molar-refractivity contribution >= 4 is 18.3 Å². The summed E-state index contributed by atoms with van der Waals surface area (Å²) in [5.74, 6) is 0.610. The Morgan fingerprint density at radius 2 is 2.44 bits per heavy atom. The molecule has 0 spiro atoms. The van der Waals surface area contributed by atoms with E-state index in [1.807, 2.05) is 11.0 Å². The fourth-order valence-electron chi connectivity index (χ4n) is 1.98. The number of rotatable bonds is 1. The van der Waals surface area contributed by atoms with Gasteiger partial charge in [-0.25, -0.2) is 0 Å². The van der Waals surface area contributed by atoms with E-state index in [-0.39, 0.29) is 18.3 Å². The minimum atomic E-state index is 0. The third-order valence-corrected chi connectivity index (χ3v) is 2.80. The first kappa shape index (κ1) is 13.3. The minimum Gasteiger partial charge on any atom is -0.488 e. The SMILES string of the molecule is C[C@@H]1CN(C(=O)C2=CCCCO2)CCN1.Cl. The molecule has 2 heterocycles. The Balaban J connectivity index is 0.00000128. The Bertz CT molecular complexity index is 281. The molecule has 92 valence electrons. The lowest BCUT2D eigenvalue weighted by molar-refractivity contribution is -0.132. The van der Waals surface area contributed by atoms with Crippen LogP contribution >= 0.6 is 12.4 Å². The Morgan fingerprint density at radius 3 is 3.06 bits per heavy atom. The Labute approximate surface area is 102 Å². The van der Waals surface area contributed by atoms with E-state index in [1.54, 1.807) is 0 Å². The van der Waals surface area contributed by atoms with Crippen molar-refractivity contribution in [2.45, 2.75) is 25.8 Å². The fourth-order valence-corrected chi connectivity index (χ4v) is 1.98. The number of allylic oxidation sites excluding steroid dienone is 1. The zero-order valence-electron chi connectivity index (χ0n) is 9.57. The molecule has 0 aromatic heterocycles. The van der Waals surface area contributed by atoms with Crippen LogP contribution in [0.25, 0.3) is 0 Å². The molecule has 1 fully saturated rings. The van der Waals surface area contributed by atoms with Crippen molar-refractivity contribution in [2.75, 3.05) is 26.2 Å². The lowest BCUT2D eigenvalue weighted by Gasteiger charge is -2.32. The average molecular weight is 247 g/mol. The van der Waals surface area contributed by atoms with Gasteiger partial charge in [0.1, 0.15) is 0 Å². The van der Waals surface area contributed by atoms with Gasteiger partial charge in [0.05, 0.1) is 6.61 Å². The Kier molecular flexibility index (Phi) is 5.09. The van der Waals surface area contributed by atoms with E-state index >= 15 is 0 Å². The van der Waals surface area contributed by atoms with E-state index in [4.69, 9.17) is 4.74 Å². The van der Waals surface area contributed by atoms with E-state index in [0.29, 0.717) is 18.4 Å². The summed E-state index contributed by atoms with van der Waals surface area (Å²) >= 11 is 0. The van der Waals surface area contributed by atoms with Crippen LogP contribution in [0.4, 0.5) is 0 Å². The van der Waals surface area contributed by atoms with Gasteiger partial charge in [0.2, 0.25) is 0 Å². The maximum absolute atomic E-state index is 12.0. The third kappa shape index (κ3) is 3.12. The smallest absolute Gasteiger partial charge is 0.288 e. The summed E-state index contributed by atoms with van der Waals surface area (Å²) in [4.78, 5) is 13.9. The highest BCUT2D eigenvalue weighted by molar-refractivity contribution is 5.91. The van der Waals surface area contributed by atoms with E-state index in [0.717, 1.165) is 32.5 Å². The highest BCUT2D eigenvalue weighted by Gasteiger charge is 2.24. The van der Waals surface area contributed by atoms with Crippen LogP contribution < -0.4 is 5.32 Å². The summed E-state index contributed by atoms with van der Waals surface area (Å²) in [6, 6.07) is 0.381. The minimum absolute atomic E-state index is 0. The summed E-state index contributed by atoms with van der Waals surface area (Å²) in [5, 5.41) is 3.32. The highest BCUT2D eigenvalue weighted by Crippen LogP contribution is 2.13. The first-order valence-electron chi connectivity index (χ1n) is 5.63. The molecule has 1 atom stereocenters. The number of halogens is 1. The number of nitrogens with zero attached hydrogens (tertiary/aromatic N) is 1. The molecular formula is C11H19ClN2O2. The van der Waals surface area contributed by atoms with Gasteiger partial charge in [0, 0.05) is 25.7 Å². The van der Waals surface area contributed by atoms with Gasteiger partial charge in [0.25, 0.3) is 5.91 Å². The molecule has 1 N–H and O–H groups in total. The molecule has 0 aliphatic carbocycles. The summed E-state index contributed by atoms with van der Waals surface area (Å²) in [6.45, 7) is 5.21. The van der Waals surface area contributed by atoms with Gasteiger partial charge in [-0.1, -0.05) is 0 Å². The van der Waals surface area contributed by atoms with Crippen LogP contribution in [0.15, 0.2) is 11.8 Å². The van der Waals surface area contributed by atoms with Crippen LogP contribution in [0.3, 0.4) is 0 Å². The van der Waals surface area contributed by atoms with Crippen LogP contribution in [0.5, 0.6) is 0 Å². The second kappa shape index (κ2) is 6.11. The number of nitrogens with one attached hydrogen (secondary N) is 1. The monoisotopic (exact) mass is 246 g/mol. The third-order valence-electron chi connectivity index (χ3n) is 2.80. The molecule has 2 aliphatic heterocycles. The van der Waals surface area contributed by atoms with Gasteiger partial charge >= 0.3 is 0 Å². The number of carbonyl (C=O) groups is 1. The molecule has 0 saturated carbocycles. The van der Waals surface area contributed by atoms with Crippen molar-refractivity contribution in [3.8, 4) is 0 Å². The average Bonchev–Trinajstić information content (AvgIpc) is 2.29. The van der Waals surface area contributed by atoms with Crippen molar-refractivity contribution in [3.05, 3.63) is 11.8 Å². The number of piperazine rings is 1. The van der Waals surface area contributed by atoms with Crippen molar-refractivity contribution < 1.29 is 9.53 Å². The fraction of sp³-hybridized carbons (Fsp3) is 0.727.